The quantitative estimate of drug-likeness (QED) is 0.664. The zero-order chi connectivity index (χ0) is 15.2. The smallest absolute Gasteiger partial charge is 0.307 e. The van der Waals surface area contributed by atoms with E-state index in [9.17, 15) is 4.79 Å². The maximum atomic E-state index is 10.8. The van der Waals surface area contributed by atoms with Gasteiger partial charge in [-0.1, -0.05) is 6.92 Å². The minimum Gasteiger partial charge on any atom is -0.481 e. The van der Waals surface area contributed by atoms with Gasteiger partial charge in [-0.05, 0) is 19.9 Å². The fourth-order valence-corrected chi connectivity index (χ4v) is 1.54. The van der Waals surface area contributed by atoms with Gasteiger partial charge in [-0.25, -0.2) is 0 Å². The number of nitrogens with one attached hydrogen (secondary N) is 1. The highest BCUT2D eigenvalue weighted by molar-refractivity contribution is 5.69. The second-order valence-corrected chi connectivity index (χ2v) is 5.57. The van der Waals surface area contributed by atoms with Crippen LogP contribution < -0.4 is 11.1 Å². The van der Waals surface area contributed by atoms with E-state index in [2.05, 4.69) is 10.3 Å². The third-order valence-corrected chi connectivity index (χ3v) is 2.97. The van der Waals surface area contributed by atoms with E-state index < -0.39 is 11.9 Å². The molecule has 1 aromatic rings. The molecule has 0 aliphatic carbocycles. The number of carboxylic acids is 1. The van der Waals surface area contributed by atoms with E-state index in [1.54, 1.807) is 25.4 Å². The molecule has 1 rings (SSSR count). The largest absolute Gasteiger partial charge is 0.481 e. The first kappa shape index (κ1) is 16.4. The second kappa shape index (κ2) is 7.21. The molecule has 1 aromatic heterocycles. The highest BCUT2D eigenvalue weighted by Gasteiger charge is 2.20. The molecule has 6 nitrogen and oxygen atoms in total. The second-order valence-electron chi connectivity index (χ2n) is 5.57. The fourth-order valence-electron chi connectivity index (χ4n) is 1.54. The molecule has 112 valence electrons. The molecule has 0 saturated heterocycles. The molecule has 0 saturated carbocycles. The summed E-state index contributed by atoms with van der Waals surface area (Å²) in [5, 5.41) is 12.0. The number of pyridine rings is 1. The Morgan fingerprint density at radius 1 is 1.60 bits per heavy atom. The Morgan fingerprint density at radius 3 is 2.90 bits per heavy atom. The van der Waals surface area contributed by atoms with Crippen molar-refractivity contribution < 1.29 is 14.6 Å². The van der Waals surface area contributed by atoms with E-state index in [0.717, 1.165) is 5.56 Å². The molecule has 0 amide bonds. The fraction of sp³-hybridized carbons (Fsp3) is 0.571. The molecule has 1 atom stereocenters. The third kappa shape index (κ3) is 5.54. The average Bonchev–Trinajstić information content (AvgIpc) is 2.38. The van der Waals surface area contributed by atoms with Crippen LogP contribution in [0.2, 0.25) is 0 Å². The number of carbonyl (C=O) groups is 1. The van der Waals surface area contributed by atoms with Gasteiger partial charge in [0.05, 0.1) is 19.1 Å². The lowest BCUT2D eigenvalue weighted by atomic mass is 10.1. The number of nitrogens with two attached hydrogens (primary N) is 1. The number of carboxylic acid groups (broad SMARTS) is 1. The van der Waals surface area contributed by atoms with Gasteiger partial charge >= 0.3 is 5.97 Å². The maximum Gasteiger partial charge on any atom is 0.307 e. The number of anilines is 1. The molecular weight excluding hydrogens is 258 g/mol. The van der Waals surface area contributed by atoms with Crippen LogP contribution in [-0.2, 0) is 16.1 Å². The Bertz CT molecular complexity index is 449. The van der Waals surface area contributed by atoms with Gasteiger partial charge in [0, 0.05) is 35.7 Å². The van der Waals surface area contributed by atoms with Gasteiger partial charge in [-0.15, -0.1) is 0 Å². The standard InChI is InChI=1S/C14H23N3O3/c1-10(13(18)19)6-17-14(2,3)9-20-8-11-7-16-5-4-12(11)15/h4-5,7,10,17H,6,8-9H2,1-3H3,(H2,15,16)(H,18,19). The molecule has 0 fully saturated rings. The lowest BCUT2D eigenvalue weighted by Gasteiger charge is -2.27. The van der Waals surface area contributed by atoms with Crippen LogP contribution in [0.3, 0.4) is 0 Å². The van der Waals surface area contributed by atoms with Gasteiger partial charge in [-0.3, -0.25) is 9.78 Å². The predicted molar refractivity (Wildman–Crippen MR) is 77.2 cm³/mol. The number of hydrogen-bond donors (Lipinski definition) is 3. The summed E-state index contributed by atoms with van der Waals surface area (Å²) in [7, 11) is 0. The molecule has 0 radical (unpaired) electrons. The molecule has 6 heteroatoms. The molecule has 0 aliphatic heterocycles. The molecule has 1 unspecified atom stereocenters. The summed E-state index contributed by atoms with van der Waals surface area (Å²) in [5.74, 6) is -1.24. The number of aliphatic carboxylic acids is 1. The summed E-state index contributed by atoms with van der Waals surface area (Å²) in [6.45, 7) is 6.85. The van der Waals surface area contributed by atoms with Gasteiger partial charge in [0.2, 0.25) is 0 Å². The van der Waals surface area contributed by atoms with Gasteiger partial charge in [0.15, 0.2) is 0 Å². The summed E-state index contributed by atoms with van der Waals surface area (Å²) in [5.41, 5.74) is 7.00. The van der Waals surface area contributed by atoms with Crippen molar-refractivity contribution in [2.24, 2.45) is 5.92 Å². The first-order valence-corrected chi connectivity index (χ1v) is 6.56. The van der Waals surface area contributed by atoms with Crippen molar-refractivity contribution in [3.8, 4) is 0 Å². The highest BCUT2D eigenvalue weighted by atomic mass is 16.5. The van der Waals surface area contributed by atoms with E-state index in [1.807, 2.05) is 13.8 Å². The Labute approximate surface area is 119 Å². The van der Waals surface area contributed by atoms with Crippen LogP contribution in [0.5, 0.6) is 0 Å². The molecular formula is C14H23N3O3. The Kier molecular flexibility index (Phi) is 5.91. The minimum absolute atomic E-state index is 0.305. The van der Waals surface area contributed by atoms with Gasteiger partial charge in [0.1, 0.15) is 0 Å². The molecule has 1 heterocycles. The number of aromatic nitrogens is 1. The number of nitrogens with zero attached hydrogens (tertiary/aromatic N) is 1. The first-order valence-electron chi connectivity index (χ1n) is 6.56. The molecule has 20 heavy (non-hydrogen) atoms. The van der Waals surface area contributed by atoms with Gasteiger partial charge in [0.25, 0.3) is 0 Å². The van der Waals surface area contributed by atoms with Crippen LogP contribution in [0.4, 0.5) is 5.69 Å². The van der Waals surface area contributed by atoms with Crippen LogP contribution >= 0.6 is 0 Å². The zero-order valence-corrected chi connectivity index (χ0v) is 12.2. The number of nitrogen functional groups attached to an aromatic ring is 1. The summed E-state index contributed by atoms with van der Waals surface area (Å²) in [6.07, 6.45) is 3.32. The van der Waals surface area contributed by atoms with Crippen LogP contribution in [0.1, 0.15) is 26.3 Å². The van der Waals surface area contributed by atoms with Crippen molar-refractivity contribution in [1.82, 2.24) is 10.3 Å². The lowest BCUT2D eigenvalue weighted by Crippen LogP contribution is -2.46. The average molecular weight is 281 g/mol. The van der Waals surface area contributed by atoms with E-state index >= 15 is 0 Å². The highest BCUT2D eigenvalue weighted by Crippen LogP contribution is 2.12. The number of hydrogen-bond acceptors (Lipinski definition) is 5. The van der Waals surface area contributed by atoms with Crippen LogP contribution in [0.25, 0.3) is 0 Å². The SMILES string of the molecule is CC(CNC(C)(C)COCc1cnccc1N)C(=O)O. The predicted octanol–water partition coefficient (Wildman–Crippen LogP) is 1.27. The van der Waals surface area contributed by atoms with Crippen molar-refractivity contribution in [2.75, 3.05) is 18.9 Å². The zero-order valence-electron chi connectivity index (χ0n) is 12.2. The van der Waals surface area contributed by atoms with Gasteiger partial charge < -0.3 is 20.9 Å². The van der Waals surface area contributed by atoms with Crippen LogP contribution in [-0.4, -0.2) is 34.8 Å². The topological polar surface area (TPSA) is 97.5 Å². The van der Waals surface area contributed by atoms with Gasteiger partial charge in [-0.2, -0.15) is 0 Å². The summed E-state index contributed by atoms with van der Waals surface area (Å²) in [4.78, 5) is 14.8. The van der Waals surface area contributed by atoms with Crippen molar-refractivity contribution in [2.45, 2.75) is 32.9 Å². The van der Waals surface area contributed by atoms with E-state index in [-0.39, 0.29) is 5.54 Å². The molecule has 0 bridgehead atoms. The number of rotatable bonds is 8. The van der Waals surface area contributed by atoms with E-state index in [4.69, 9.17) is 15.6 Å². The Balaban J connectivity index is 2.36. The van der Waals surface area contributed by atoms with Crippen LogP contribution in [0.15, 0.2) is 18.5 Å². The van der Waals surface area contributed by atoms with Crippen molar-refractivity contribution in [3.63, 3.8) is 0 Å². The van der Waals surface area contributed by atoms with Crippen LogP contribution in [0, 0.1) is 5.92 Å². The maximum absolute atomic E-state index is 10.8. The molecule has 4 N–H and O–H groups in total. The van der Waals surface area contributed by atoms with E-state index in [1.165, 1.54) is 0 Å². The lowest BCUT2D eigenvalue weighted by molar-refractivity contribution is -0.141. The van der Waals surface area contributed by atoms with E-state index in [0.29, 0.717) is 25.4 Å². The molecule has 0 aliphatic rings. The normalized spacial score (nSPS) is 13.2. The van der Waals surface area contributed by atoms with Crippen molar-refractivity contribution >= 4 is 11.7 Å². The third-order valence-electron chi connectivity index (χ3n) is 2.97. The monoisotopic (exact) mass is 281 g/mol. The van der Waals surface area contributed by atoms with Crippen molar-refractivity contribution in [3.05, 3.63) is 24.0 Å². The minimum atomic E-state index is -0.808. The first-order chi connectivity index (χ1) is 9.32. The Morgan fingerprint density at radius 2 is 2.30 bits per heavy atom. The molecule has 0 spiro atoms. The summed E-state index contributed by atoms with van der Waals surface area (Å²) in [6, 6.07) is 1.73. The number of ether oxygens (including phenoxy) is 1. The summed E-state index contributed by atoms with van der Waals surface area (Å²) >= 11 is 0. The summed E-state index contributed by atoms with van der Waals surface area (Å²) < 4.78 is 5.63. The van der Waals surface area contributed by atoms with Crippen molar-refractivity contribution in [1.29, 1.82) is 0 Å². The molecule has 0 aromatic carbocycles. The Hall–Kier alpha value is -1.66.